The van der Waals surface area contributed by atoms with E-state index in [2.05, 4.69) is 12.2 Å². The van der Waals surface area contributed by atoms with Gasteiger partial charge in [0.1, 0.15) is 0 Å². The number of carbonyl (C=O) groups excluding carboxylic acids is 1. The van der Waals surface area contributed by atoms with Crippen LogP contribution in [-0.4, -0.2) is 16.0 Å². The molecule has 0 spiro atoms. The van der Waals surface area contributed by atoms with Crippen molar-refractivity contribution < 1.29 is 14.3 Å². The molecule has 1 aliphatic rings. The molecule has 0 saturated heterocycles. The quantitative estimate of drug-likeness (QED) is 0.325. The molecule has 0 radical (unpaired) electrons. The second-order valence-corrected chi connectivity index (χ2v) is 10.2. The van der Waals surface area contributed by atoms with Crippen LogP contribution in [0.1, 0.15) is 35.7 Å². The van der Waals surface area contributed by atoms with E-state index in [4.69, 9.17) is 5.73 Å². The minimum Gasteiger partial charge on any atom is -0.397 e. The van der Waals surface area contributed by atoms with Crippen molar-refractivity contribution in [1.29, 1.82) is 0 Å². The first-order chi connectivity index (χ1) is 14.4. The standard InChI is InChI=1S/C23H23N2O3PS/c1-2-18-14-23(18,29(27)28)13-15-5-7-16(8-6-15)22(26)25-20-12-17(9-10-19(20)24)21-4-3-11-30-21/h3-12,18H,2,13-14,24H2,1H3,(H-,25,26,27,28)/p+1. The van der Waals surface area contributed by atoms with Crippen molar-refractivity contribution in [2.75, 3.05) is 11.1 Å². The average molecular weight is 439 g/mol. The highest BCUT2D eigenvalue weighted by atomic mass is 32.1. The molecule has 5 nitrogen and oxygen atoms in total. The average Bonchev–Trinajstić information content (AvgIpc) is 3.18. The number of rotatable bonds is 7. The summed E-state index contributed by atoms with van der Waals surface area (Å²) in [5.74, 6) is 0.0602. The van der Waals surface area contributed by atoms with Gasteiger partial charge >= 0.3 is 8.03 Å². The van der Waals surface area contributed by atoms with Crippen LogP contribution in [0.2, 0.25) is 0 Å². The molecule has 30 heavy (non-hydrogen) atoms. The second-order valence-electron chi connectivity index (χ2n) is 7.79. The third-order valence-corrected chi connectivity index (χ3v) is 8.29. The largest absolute Gasteiger partial charge is 0.512 e. The third kappa shape index (κ3) is 4.04. The van der Waals surface area contributed by atoms with Gasteiger partial charge in [-0.15, -0.1) is 11.3 Å². The lowest BCUT2D eigenvalue weighted by Gasteiger charge is -2.11. The lowest BCUT2D eigenvalue weighted by Crippen LogP contribution is -2.14. The maximum absolute atomic E-state index is 12.7. The topological polar surface area (TPSA) is 92.4 Å². The van der Waals surface area contributed by atoms with Gasteiger partial charge in [0.2, 0.25) is 5.16 Å². The maximum Gasteiger partial charge on any atom is 0.512 e. The SMILES string of the molecule is CCC1CC1(Cc1ccc(C(=O)Nc2cc(-c3cccs3)ccc2N)cc1)[P+](=O)O. The molecule has 1 saturated carbocycles. The van der Waals surface area contributed by atoms with Crippen LogP contribution >= 0.6 is 19.4 Å². The molecule has 1 aliphatic carbocycles. The van der Waals surface area contributed by atoms with E-state index in [-0.39, 0.29) is 5.91 Å². The van der Waals surface area contributed by atoms with Gasteiger partial charge in [0.05, 0.1) is 11.4 Å². The van der Waals surface area contributed by atoms with Gasteiger partial charge in [0.15, 0.2) is 0 Å². The number of nitrogens with one attached hydrogen (secondary N) is 1. The maximum atomic E-state index is 12.7. The Morgan fingerprint density at radius 3 is 2.63 bits per heavy atom. The van der Waals surface area contributed by atoms with Gasteiger partial charge < -0.3 is 11.1 Å². The summed E-state index contributed by atoms with van der Waals surface area (Å²) in [4.78, 5) is 23.6. The number of hydrogen-bond donors (Lipinski definition) is 3. The van der Waals surface area contributed by atoms with E-state index in [1.54, 1.807) is 29.5 Å². The van der Waals surface area contributed by atoms with Crippen LogP contribution in [0.15, 0.2) is 60.0 Å². The van der Waals surface area contributed by atoms with Crippen LogP contribution in [0.3, 0.4) is 0 Å². The molecule has 4 rings (SSSR count). The lowest BCUT2D eigenvalue weighted by atomic mass is 10.0. The summed E-state index contributed by atoms with van der Waals surface area (Å²) in [5, 5.41) is 4.41. The summed E-state index contributed by atoms with van der Waals surface area (Å²) >= 11 is 1.63. The fourth-order valence-corrected chi connectivity index (χ4v) is 5.91. The van der Waals surface area contributed by atoms with E-state index in [1.165, 1.54) is 0 Å². The molecule has 3 aromatic rings. The Bertz CT molecular complexity index is 1080. The van der Waals surface area contributed by atoms with Crippen molar-refractivity contribution in [3.63, 3.8) is 0 Å². The van der Waals surface area contributed by atoms with Gasteiger partial charge in [0.25, 0.3) is 5.91 Å². The van der Waals surface area contributed by atoms with Crippen LogP contribution in [0.4, 0.5) is 11.4 Å². The van der Waals surface area contributed by atoms with E-state index < -0.39 is 13.2 Å². The summed E-state index contributed by atoms with van der Waals surface area (Å²) in [6, 6.07) is 16.9. The summed E-state index contributed by atoms with van der Waals surface area (Å²) in [5.41, 5.74) is 9.64. The highest BCUT2D eigenvalue weighted by molar-refractivity contribution is 7.40. The van der Waals surface area contributed by atoms with Crippen molar-refractivity contribution in [2.24, 2.45) is 5.92 Å². The molecule has 4 N–H and O–H groups in total. The molecule has 0 bridgehead atoms. The number of anilines is 2. The minimum atomic E-state index is -2.22. The highest BCUT2D eigenvalue weighted by Crippen LogP contribution is 2.62. The first kappa shape index (κ1) is 20.7. The van der Waals surface area contributed by atoms with Crippen LogP contribution in [0.5, 0.6) is 0 Å². The van der Waals surface area contributed by atoms with E-state index in [9.17, 15) is 14.3 Å². The van der Waals surface area contributed by atoms with Crippen LogP contribution in [0.25, 0.3) is 10.4 Å². The summed E-state index contributed by atoms with van der Waals surface area (Å²) in [6.07, 6.45) is 2.26. The molecule has 7 heteroatoms. The normalized spacial score (nSPS) is 20.6. The second kappa shape index (κ2) is 8.31. The predicted octanol–water partition coefficient (Wildman–Crippen LogP) is 5.70. The van der Waals surface area contributed by atoms with Gasteiger partial charge in [-0.1, -0.05) is 31.2 Å². The Balaban J connectivity index is 1.47. The molecule has 3 unspecified atom stereocenters. The molecule has 154 valence electrons. The van der Waals surface area contributed by atoms with Gasteiger partial charge in [-0.05, 0) is 57.8 Å². The first-order valence-corrected chi connectivity index (χ1v) is 12.0. The first-order valence-electron chi connectivity index (χ1n) is 9.93. The van der Waals surface area contributed by atoms with Gasteiger partial charge in [0, 0.05) is 29.2 Å². The molecule has 1 amide bonds. The van der Waals surface area contributed by atoms with Gasteiger partial charge in [-0.25, -0.2) is 0 Å². The van der Waals surface area contributed by atoms with E-state index in [0.29, 0.717) is 29.3 Å². The monoisotopic (exact) mass is 439 g/mol. The fourth-order valence-electron chi connectivity index (χ4n) is 3.99. The Kier molecular flexibility index (Phi) is 5.74. The zero-order valence-corrected chi connectivity index (χ0v) is 18.4. The van der Waals surface area contributed by atoms with Crippen LogP contribution < -0.4 is 11.1 Å². The molecular formula is C23H24N2O3PS+. The van der Waals surface area contributed by atoms with E-state index in [1.807, 2.05) is 41.8 Å². The summed E-state index contributed by atoms with van der Waals surface area (Å²) in [6.45, 7) is 2.05. The number of nitrogens with two attached hydrogens (primary N) is 1. The molecule has 1 aromatic heterocycles. The Hall–Kier alpha value is -2.53. The number of nitrogen functional groups attached to an aromatic ring is 1. The van der Waals surface area contributed by atoms with Crippen molar-refractivity contribution in [3.8, 4) is 10.4 Å². The van der Waals surface area contributed by atoms with Crippen molar-refractivity contribution in [2.45, 2.75) is 31.3 Å². The number of benzene rings is 2. The summed E-state index contributed by atoms with van der Waals surface area (Å²) in [7, 11) is -2.22. The Labute approximate surface area is 180 Å². The van der Waals surface area contributed by atoms with E-state index >= 15 is 0 Å². The molecule has 1 fully saturated rings. The Morgan fingerprint density at radius 1 is 1.27 bits per heavy atom. The zero-order valence-electron chi connectivity index (χ0n) is 16.7. The van der Waals surface area contributed by atoms with Crippen molar-refractivity contribution >= 4 is 36.6 Å². The van der Waals surface area contributed by atoms with Gasteiger partial charge in [-0.3, -0.25) is 4.79 Å². The zero-order chi connectivity index (χ0) is 21.3. The molecule has 0 aliphatic heterocycles. The highest BCUT2D eigenvalue weighted by Gasteiger charge is 2.68. The number of amides is 1. The van der Waals surface area contributed by atoms with E-state index in [0.717, 1.165) is 28.8 Å². The van der Waals surface area contributed by atoms with Crippen LogP contribution in [-0.2, 0) is 11.0 Å². The summed E-state index contributed by atoms with van der Waals surface area (Å²) < 4.78 is 11.9. The fraction of sp³-hybridized carbons (Fsp3) is 0.261. The smallest absolute Gasteiger partial charge is 0.397 e. The van der Waals surface area contributed by atoms with Crippen molar-refractivity contribution in [3.05, 3.63) is 71.1 Å². The minimum absolute atomic E-state index is 0.239. The molecular weight excluding hydrogens is 415 g/mol. The van der Waals surface area contributed by atoms with Crippen molar-refractivity contribution in [1.82, 2.24) is 0 Å². The lowest BCUT2D eigenvalue weighted by molar-refractivity contribution is 0.102. The number of thiophene rings is 1. The number of hydrogen-bond acceptors (Lipinski definition) is 4. The molecule has 1 heterocycles. The molecule has 3 atom stereocenters. The molecule has 2 aromatic carbocycles. The Morgan fingerprint density at radius 2 is 2.03 bits per heavy atom. The number of carbonyl (C=O) groups is 1. The van der Waals surface area contributed by atoms with Crippen LogP contribution in [0, 0.1) is 5.92 Å². The third-order valence-electron chi connectivity index (χ3n) is 5.91. The van der Waals surface area contributed by atoms with Gasteiger partial charge in [-0.2, -0.15) is 4.89 Å². The predicted molar refractivity (Wildman–Crippen MR) is 123 cm³/mol.